The summed E-state index contributed by atoms with van der Waals surface area (Å²) in [5.41, 5.74) is 0.697. The summed E-state index contributed by atoms with van der Waals surface area (Å²) >= 11 is 3.05. The number of hydrogen-bond acceptors (Lipinski definition) is 2. The molecule has 1 aromatic rings. The number of hydrogen-bond donors (Lipinski definition) is 0. The van der Waals surface area contributed by atoms with E-state index in [0.29, 0.717) is 12.0 Å². The summed E-state index contributed by atoms with van der Waals surface area (Å²) in [7, 11) is 0. The van der Waals surface area contributed by atoms with Gasteiger partial charge in [0.05, 0.1) is 16.6 Å². The van der Waals surface area contributed by atoms with Crippen molar-refractivity contribution in [3.63, 3.8) is 0 Å². The van der Waals surface area contributed by atoms with Gasteiger partial charge in [0.2, 0.25) is 0 Å². The molecule has 0 radical (unpaired) electrons. The van der Waals surface area contributed by atoms with Crippen LogP contribution in [0.25, 0.3) is 0 Å². The number of rotatable bonds is 3. The molecule has 0 aliphatic heterocycles. The minimum atomic E-state index is -0.604. The molecule has 0 amide bonds. The van der Waals surface area contributed by atoms with E-state index in [4.69, 9.17) is 4.74 Å². The topological polar surface area (TPSA) is 26.3 Å². The molecule has 0 unspecified atom stereocenters. The standard InChI is InChI=1S/C11H12BrFO2/c1-3-7-5-6-8(12)10(13)9(7)11(14)15-4-2/h5-6H,3-4H2,1-2H3. The Kier molecular flexibility index (Phi) is 4.27. The first kappa shape index (κ1) is 12.2. The van der Waals surface area contributed by atoms with E-state index in [-0.39, 0.29) is 16.6 Å². The molecule has 0 aromatic heterocycles. The minimum absolute atomic E-state index is 0.0359. The number of benzene rings is 1. The summed E-state index contributed by atoms with van der Waals surface area (Å²) < 4.78 is 18.8. The van der Waals surface area contributed by atoms with Gasteiger partial charge in [-0.1, -0.05) is 13.0 Å². The highest BCUT2D eigenvalue weighted by molar-refractivity contribution is 9.10. The fourth-order valence-electron chi connectivity index (χ4n) is 1.31. The molecule has 4 heteroatoms. The molecule has 0 bridgehead atoms. The van der Waals surface area contributed by atoms with Gasteiger partial charge in [0.25, 0.3) is 0 Å². The summed E-state index contributed by atoms with van der Waals surface area (Å²) in [5, 5.41) is 0. The van der Waals surface area contributed by atoms with E-state index in [2.05, 4.69) is 15.9 Å². The third-order valence-corrected chi connectivity index (χ3v) is 2.65. The van der Waals surface area contributed by atoms with Crippen molar-refractivity contribution < 1.29 is 13.9 Å². The quantitative estimate of drug-likeness (QED) is 0.791. The molecule has 0 heterocycles. The van der Waals surface area contributed by atoms with Gasteiger partial charge in [0.15, 0.2) is 5.82 Å². The molecule has 0 atom stereocenters. The third-order valence-electron chi connectivity index (χ3n) is 2.04. The van der Waals surface area contributed by atoms with Crippen LogP contribution < -0.4 is 0 Å². The van der Waals surface area contributed by atoms with Crippen LogP contribution in [0.2, 0.25) is 0 Å². The zero-order valence-corrected chi connectivity index (χ0v) is 10.2. The summed E-state index contributed by atoms with van der Waals surface area (Å²) in [6, 6.07) is 3.32. The molecule has 1 rings (SSSR count). The van der Waals surface area contributed by atoms with Crippen LogP contribution in [-0.2, 0) is 11.2 Å². The smallest absolute Gasteiger partial charge is 0.341 e. The third kappa shape index (κ3) is 2.56. The van der Waals surface area contributed by atoms with E-state index in [1.54, 1.807) is 19.1 Å². The fourth-order valence-corrected chi connectivity index (χ4v) is 1.64. The van der Waals surface area contributed by atoms with Gasteiger partial charge in [0.1, 0.15) is 0 Å². The molecule has 0 saturated heterocycles. The molecule has 0 aliphatic rings. The highest BCUT2D eigenvalue weighted by atomic mass is 79.9. The van der Waals surface area contributed by atoms with Crippen LogP contribution in [0.5, 0.6) is 0 Å². The molecule has 82 valence electrons. The second kappa shape index (κ2) is 5.26. The van der Waals surface area contributed by atoms with E-state index in [9.17, 15) is 9.18 Å². The number of carbonyl (C=O) groups is 1. The van der Waals surface area contributed by atoms with E-state index in [1.807, 2.05) is 6.92 Å². The lowest BCUT2D eigenvalue weighted by Gasteiger charge is -2.09. The first-order valence-corrected chi connectivity index (χ1v) is 5.55. The Balaban J connectivity index is 3.23. The molecule has 2 nitrogen and oxygen atoms in total. The van der Waals surface area contributed by atoms with Gasteiger partial charge in [-0.25, -0.2) is 9.18 Å². The maximum Gasteiger partial charge on any atom is 0.341 e. The maximum atomic E-state index is 13.7. The van der Waals surface area contributed by atoms with Crippen LogP contribution in [0.4, 0.5) is 4.39 Å². The fraction of sp³-hybridized carbons (Fsp3) is 0.364. The van der Waals surface area contributed by atoms with Crippen LogP contribution >= 0.6 is 15.9 Å². The van der Waals surface area contributed by atoms with Crippen molar-refractivity contribution in [1.29, 1.82) is 0 Å². The maximum absolute atomic E-state index is 13.7. The second-order valence-electron chi connectivity index (χ2n) is 2.97. The zero-order valence-electron chi connectivity index (χ0n) is 8.64. The molecule has 1 aromatic carbocycles. The summed E-state index contributed by atoms with van der Waals surface area (Å²) in [5.74, 6) is -1.15. The van der Waals surface area contributed by atoms with Crippen LogP contribution in [0.1, 0.15) is 29.8 Å². The minimum Gasteiger partial charge on any atom is -0.462 e. The highest BCUT2D eigenvalue weighted by Crippen LogP contribution is 2.23. The zero-order chi connectivity index (χ0) is 11.4. The van der Waals surface area contributed by atoms with Crippen LogP contribution in [0.3, 0.4) is 0 Å². The Labute approximate surface area is 96.6 Å². The van der Waals surface area contributed by atoms with Crippen molar-refractivity contribution >= 4 is 21.9 Å². The predicted octanol–water partition coefficient (Wildman–Crippen LogP) is 3.33. The van der Waals surface area contributed by atoms with E-state index >= 15 is 0 Å². The summed E-state index contributed by atoms with van der Waals surface area (Å²) in [4.78, 5) is 11.5. The van der Waals surface area contributed by atoms with E-state index in [1.165, 1.54) is 0 Å². The lowest BCUT2D eigenvalue weighted by Crippen LogP contribution is -2.11. The summed E-state index contributed by atoms with van der Waals surface area (Å²) in [6.45, 7) is 3.80. The molecule has 0 aliphatic carbocycles. The number of ether oxygens (including phenoxy) is 1. The Morgan fingerprint density at radius 2 is 2.13 bits per heavy atom. The number of esters is 1. The van der Waals surface area contributed by atoms with Gasteiger partial charge in [-0.15, -0.1) is 0 Å². The van der Waals surface area contributed by atoms with Crippen LogP contribution in [0.15, 0.2) is 16.6 Å². The lowest BCUT2D eigenvalue weighted by molar-refractivity contribution is 0.0519. The van der Waals surface area contributed by atoms with Crippen molar-refractivity contribution in [2.75, 3.05) is 6.61 Å². The Morgan fingerprint density at radius 3 is 2.67 bits per heavy atom. The average Bonchev–Trinajstić information content (AvgIpc) is 2.22. The van der Waals surface area contributed by atoms with Gasteiger partial charge in [-0.2, -0.15) is 0 Å². The first-order chi connectivity index (χ1) is 7.11. The first-order valence-electron chi connectivity index (χ1n) is 4.75. The van der Waals surface area contributed by atoms with Crippen molar-refractivity contribution in [2.45, 2.75) is 20.3 Å². The number of carbonyl (C=O) groups excluding carboxylic acids is 1. The van der Waals surface area contributed by atoms with E-state index < -0.39 is 11.8 Å². The van der Waals surface area contributed by atoms with Gasteiger partial charge < -0.3 is 4.74 Å². The summed E-state index contributed by atoms with van der Waals surface area (Å²) in [6.07, 6.45) is 0.596. The largest absolute Gasteiger partial charge is 0.462 e. The van der Waals surface area contributed by atoms with Crippen molar-refractivity contribution in [1.82, 2.24) is 0 Å². The van der Waals surface area contributed by atoms with Gasteiger partial charge in [-0.3, -0.25) is 0 Å². The van der Waals surface area contributed by atoms with Crippen molar-refractivity contribution in [3.05, 3.63) is 33.5 Å². The molecule has 0 spiro atoms. The van der Waals surface area contributed by atoms with Crippen LogP contribution in [0, 0.1) is 5.82 Å². The van der Waals surface area contributed by atoms with Gasteiger partial charge >= 0.3 is 5.97 Å². The van der Waals surface area contributed by atoms with Gasteiger partial charge in [-0.05, 0) is 40.9 Å². The normalized spacial score (nSPS) is 10.1. The van der Waals surface area contributed by atoms with E-state index in [0.717, 1.165) is 0 Å². The molecule has 0 saturated carbocycles. The SMILES string of the molecule is CCOC(=O)c1c(CC)ccc(Br)c1F. The lowest BCUT2D eigenvalue weighted by atomic mass is 10.0. The Bertz CT molecular complexity index is 377. The molecular weight excluding hydrogens is 263 g/mol. The Morgan fingerprint density at radius 1 is 1.47 bits per heavy atom. The monoisotopic (exact) mass is 274 g/mol. The average molecular weight is 275 g/mol. The second-order valence-corrected chi connectivity index (χ2v) is 3.82. The van der Waals surface area contributed by atoms with Crippen molar-refractivity contribution in [2.24, 2.45) is 0 Å². The van der Waals surface area contributed by atoms with Crippen molar-refractivity contribution in [3.8, 4) is 0 Å². The molecule has 15 heavy (non-hydrogen) atoms. The number of aryl methyl sites for hydroxylation is 1. The van der Waals surface area contributed by atoms with Gasteiger partial charge in [0, 0.05) is 0 Å². The highest BCUT2D eigenvalue weighted by Gasteiger charge is 2.19. The van der Waals surface area contributed by atoms with Crippen LogP contribution in [-0.4, -0.2) is 12.6 Å². The Hall–Kier alpha value is -0.900. The molecule has 0 fully saturated rings. The predicted molar refractivity (Wildman–Crippen MR) is 59.4 cm³/mol. The number of halogens is 2. The molecular formula is C11H12BrFO2. The molecule has 0 N–H and O–H groups in total.